The van der Waals surface area contributed by atoms with E-state index in [-0.39, 0.29) is 12.5 Å². The van der Waals surface area contributed by atoms with Crippen LogP contribution in [0.3, 0.4) is 0 Å². The summed E-state index contributed by atoms with van der Waals surface area (Å²) in [6, 6.07) is 12.7. The topological polar surface area (TPSA) is 76.8 Å². The molecule has 23 heavy (non-hydrogen) atoms. The largest absolute Gasteiger partial charge is 0.497 e. The number of benzene rings is 2. The molecule has 0 atom stereocenters. The minimum Gasteiger partial charge on any atom is -0.497 e. The molecule has 0 bridgehead atoms. The highest BCUT2D eigenvalue weighted by molar-refractivity contribution is 5.94. The second kappa shape index (κ2) is 6.48. The first kappa shape index (κ1) is 15.0. The summed E-state index contributed by atoms with van der Waals surface area (Å²) in [5.74, 6) is 1.41. The fourth-order valence-corrected chi connectivity index (χ4v) is 2.50. The number of carbonyl (C=O) groups excluding carboxylic acids is 1. The third-order valence-corrected chi connectivity index (χ3v) is 3.65. The maximum absolute atomic E-state index is 12.3. The normalized spacial score (nSPS) is 13.0. The maximum Gasteiger partial charge on any atom is 0.243 e. The van der Waals surface area contributed by atoms with Gasteiger partial charge in [-0.2, -0.15) is 0 Å². The number of fused-ring (bicyclic) bond motifs is 1. The van der Waals surface area contributed by atoms with Gasteiger partial charge < -0.3 is 25.4 Å². The van der Waals surface area contributed by atoms with Crippen LogP contribution in [-0.4, -0.2) is 32.7 Å². The van der Waals surface area contributed by atoms with Gasteiger partial charge in [0.2, 0.25) is 5.91 Å². The molecule has 0 saturated carbocycles. The fourth-order valence-electron chi connectivity index (χ4n) is 2.50. The van der Waals surface area contributed by atoms with E-state index in [1.165, 1.54) is 0 Å². The molecule has 0 aromatic heterocycles. The highest BCUT2D eigenvalue weighted by Crippen LogP contribution is 2.33. The van der Waals surface area contributed by atoms with Gasteiger partial charge >= 0.3 is 0 Å². The van der Waals surface area contributed by atoms with Gasteiger partial charge in [0.25, 0.3) is 0 Å². The van der Waals surface area contributed by atoms with Crippen LogP contribution in [0.25, 0.3) is 0 Å². The van der Waals surface area contributed by atoms with E-state index in [1.807, 2.05) is 29.2 Å². The lowest BCUT2D eigenvalue weighted by molar-refractivity contribution is -0.115. The summed E-state index contributed by atoms with van der Waals surface area (Å²) in [7, 11) is 1.61. The smallest absolute Gasteiger partial charge is 0.243 e. The van der Waals surface area contributed by atoms with Crippen molar-refractivity contribution in [2.24, 2.45) is 0 Å². The molecule has 1 aliphatic rings. The molecule has 1 aliphatic heterocycles. The van der Waals surface area contributed by atoms with Crippen molar-refractivity contribution in [3.05, 3.63) is 42.5 Å². The molecule has 3 rings (SSSR count). The number of hydrogen-bond acceptors (Lipinski definition) is 5. The van der Waals surface area contributed by atoms with Crippen LogP contribution in [0, 0.1) is 0 Å². The molecule has 6 heteroatoms. The number of methoxy groups -OCH3 is 1. The Balaban J connectivity index is 1.67. The minimum atomic E-state index is -0.0922. The molecule has 1 amide bonds. The van der Waals surface area contributed by atoms with Crippen molar-refractivity contribution in [2.75, 3.05) is 42.8 Å². The van der Waals surface area contributed by atoms with Crippen LogP contribution in [-0.2, 0) is 4.79 Å². The summed E-state index contributed by atoms with van der Waals surface area (Å²) in [5, 5.41) is 2.88. The highest BCUT2D eigenvalue weighted by Gasteiger charge is 2.20. The summed E-state index contributed by atoms with van der Waals surface area (Å²) < 4.78 is 10.7. The van der Waals surface area contributed by atoms with Gasteiger partial charge in [0, 0.05) is 11.4 Å². The van der Waals surface area contributed by atoms with Gasteiger partial charge in [-0.25, -0.2) is 0 Å². The molecule has 6 nitrogen and oxygen atoms in total. The van der Waals surface area contributed by atoms with Gasteiger partial charge in [0.1, 0.15) is 18.1 Å². The van der Waals surface area contributed by atoms with Crippen molar-refractivity contribution >= 4 is 23.0 Å². The van der Waals surface area contributed by atoms with Gasteiger partial charge in [-0.1, -0.05) is 0 Å². The monoisotopic (exact) mass is 313 g/mol. The van der Waals surface area contributed by atoms with E-state index in [9.17, 15) is 4.79 Å². The molecule has 2 aromatic rings. The summed E-state index contributed by atoms with van der Waals surface area (Å²) >= 11 is 0. The van der Waals surface area contributed by atoms with Crippen LogP contribution >= 0.6 is 0 Å². The van der Waals surface area contributed by atoms with E-state index in [0.29, 0.717) is 18.8 Å². The summed E-state index contributed by atoms with van der Waals surface area (Å²) in [6.07, 6.45) is 0. The van der Waals surface area contributed by atoms with Crippen molar-refractivity contribution in [1.82, 2.24) is 0 Å². The number of nitrogens with zero attached hydrogens (tertiary/aromatic N) is 1. The summed E-state index contributed by atoms with van der Waals surface area (Å²) in [6.45, 7) is 1.44. The Morgan fingerprint density at radius 1 is 1.30 bits per heavy atom. The van der Waals surface area contributed by atoms with E-state index in [0.717, 1.165) is 22.9 Å². The summed E-state index contributed by atoms with van der Waals surface area (Å²) in [5.41, 5.74) is 8.06. The van der Waals surface area contributed by atoms with Crippen LogP contribution < -0.4 is 25.4 Å². The molecule has 0 radical (unpaired) electrons. The quantitative estimate of drug-likeness (QED) is 0.846. The Kier molecular flexibility index (Phi) is 4.23. The lowest BCUT2D eigenvalue weighted by Crippen LogP contribution is -2.38. The maximum atomic E-state index is 12.3. The molecule has 0 aliphatic carbocycles. The molecule has 2 aromatic carbocycles. The van der Waals surface area contributed by atoms with Gasteiger partial charge in [-0.15, -0.1) is 0 Å². The van der Waals surface area contributed by atoms with Gasteiger partial charge in [0.05, 0.1) is 25.9 Å². The zero-order chi connectivity index (χ0) is 16.2. The Labute approximate surface area is 134 Å². The Morgan fingerprint density at radius 3 is 2.83 bits per heavy atom. The predicted octanol–water partition coefficient (Wildman–Crippen LogP) is 2.11. The van der Waals surface area contributed by atoms with E-state index in [4.69, 9.17) is 15.2 Å². The molecule has 0 saturated heterocycles. The number of rotatable bonds is 4. The van der Waals surface area contributed by atoms with Crippen molar-refractivity contribution in [2.45, 2.75) is 0 Å². The molecule has 0 unspecified atom stereocenters. The average molecular weight is 313 g/mol. The first-order valence-electron chi connectivity index (χ1n) is 7.37. The van der Waals surface area contributed by atoms with E-state index in [2.05, 4.69) is 5.32 Å². The molecule has 0 fully saturated rings. The zero-order valence-electron chi connectivity index (χ0n) is 12.9. The van der Waals surface area contributed by atoms with Crippen LogP contribution in [0.4, 0.5) is 17.1 Å². The lowest BCUT2D eigenvalue weighted by atomic mass is 10.2. The molecule has 120 valence electrons. The average Bonchev–Trinajstić information content (AvgIpc) is 2.56. The first-order chi connectivity index (χ1) is 11.2. The van der Waals surface area contributed by atoms with E-state index < -0.39 is 0 Å². The number of nitrogen functional groups attached to an aromatic ring is 1. The first-order valence-corrected chi connectivity index (χ1v) is 7.37. The molecule has 1 heterocycles. The fraction of sp³-hybridized carbons (Fsp3) is 0.235. The third kappa shape index (κ3) is 3.48. The number of hydrogen-bond donors (Lipinski definition) is 2. The van der Waals surface area contributed by atoms with E-state index in [1.54, 1.807) is 25.3 Å². The number of anilines is 3. The van der Waals surface area contributed by atoms with Crippen molar-refractivity contribution in [1.29, 1.82) is 0 Å². The second-order valence-corrected chi connectivity index (χ2v) is 5.27. The third-order valence-electron chi connectivity index (χ3n) is 3.65. The van der Waals surface area contributed by atoms with Crippen LogP contribution in [0.15, 0.2) is 42.5 Å². The number of nitrogens with two attached hydrogens (primary N) is 1. The Morgan fingerprint density at radius 2 is 2.09 bits per heavy atom. The molecule has 3 N–H and O–H groups in total. The zero-order valence-corrected chi connectivity index (χ0v) is 12.9. The van der Waals surface area contributed by atoms with Crippen molar-refractivity contribution < 1.29 is 14.3 Å². The van der Waals surface area contributed by atoms with Gasteiger partial charge in [-0.3, -0.25) is 4.79 Å². The predicted molar refractivity (Wildman–Crippen MR) is 90.2 cm³/mol. The van der Waals surface area contributed by atoms with Crippen LogP contribution in [0.1, 0.15) is 0 Å². The van der Waals surface area contributed by atoms with Gasteiger partial charge in [0.15, 0.2) is 0 Å². The summed E-state index contributed by atoms with van der Waals surface area (Å²) in [4.78, 5) is 14.2. The second-order valence-electron chi connectivity index (χ2n) is 5.27. The molecule has 0 spiro atoms. The van der Waals surface area contributed by atoms with Crippen molar-refractivity contribution in [3.8, 4) is 11.5 Å². The standard InChI is InChI=1S/C17H19N3O3/c1-22-14-5-3-13(4-6-14)19-17(21)11-20-8-9-23-16-7-2-12(18)10-15(16)20/h2-7,10H,8-9,11,18H2,1H3,(H,19,21). The highest BCUT2D eigenvalue weighted by atomic mass is 16.5. The molecular weight excluding hydrogens is 294 g/mol. The Hall–Kier alpha value is -2.89. The molecular formula is C17H19N3O3. The van der Waals surface area contributed by atoms with Gasteiger partial charge in [-0.05, 0) is 42.5 Å². The number of ether oxygens (including phenoxy) is 2. The van der Waals surface area contributed by atoms with E-state index >= 15 is 0 Å². The van der Waals surface area contributed by atoms with Crippen molar-refractivity contribution in [3.63, 3.8) is 0 Å². The Bertz CT molecular complexity index is 701. The van der Waals surface area contributed by atoms with Crippen LogP contribution in [0.5, 0.6) is 11.5 Å². The minimum absolute atomic E-state index is 0.0922. The number of carbonyl (C=O) groups is 1. The number of nitrogens with one attached hydrogen (secondary N) is 1. The van der Waals surface area contributed by atoms with Crippen LogP contribution in [0.2, 0.25) is 0 Å². The lowest BCUT2D eigenvalue weighted by Gasteiger charge is -2.30. The number of amides is 1. The SMILES string of the molecule is COc1ccc(NC(=O)CN2CCOc3ccc(N)cc32)cc1.